The van der Waals surface area contributed by atoms with Gasteiger partial charge in [-0.3, -0.25) is 0 Å². The summed E-state index contributed by atoms with van der Waals surface area (Å²) in [5.41, 5.74) is 0.992. The number of aliphatic imine (C=N–C) groups is 1. The standard InChI is InChI=1S/C19H34N4O3.HI/c1-9-20-18(22-13-19(2,3)23(4)5)21-12-14-10-15(24-6)17(26-8)16(11-14)25-7;/h10-11H,9,12-13H2,1-8H3,(H2,20,21,22);1H. The molecule has 2 N–H and O–H groups in total. The number of methoxy groups -OCH3 is 3. The number of hydrogen-bond acceptors (Lipinski definition) is 5. The molecule has 1 rings (SSSR count). The van der Waals surface area contributed by atoms with E-state index in [4.69, 9.17) is 14.2 Å². The largest absolute Gasteiger partial charge is 0.493 e. The van der Waals surface area contributed by atoms with Crippen LogP contribution < -0.4 is 24.8 Å². The Hall–Kier alpha value is -1.42. The quantitative estimate of drug-likeness (QED) is 0.313. The predicted octanol–water partition coefficient (Wildman–Crippen LogP) is 2.73. The summed E-state index contributed by atoms with van der Waals surface area (Å²) in [4.78, 5) is 6.86. The summed E-state index contributed by atoms with van der Waals surface area (Å²) in [7, 11) is 8.96. The Morgan fingerprint density at radius 2 is 1.59 bits per heavy atom. The van der Waals surface area contributed by atoms with E-state index < -0.39 is 0 Å². The monoisotopic (exact) mass is 494 g/mol. The summed E-state index contributed by atoms with van der Waals surface area (Å²) >= 11 is 0. The van der Waals surface area contributed by atoms with Gasteiger partial charge in [-0.05, 0) is 52.6 Å². The number of likely N-dealkylation sites (N-methyl/N-ethyl adjacent to an activating group) is 1. The predicted molar refractivity (Wildman–Crippen MR) is 122 cm³/mol. The number of halogens is 1. The van der Waals surface area contributed by atoms with Crippen LogP contribution in [-0.2, 0) is 6.54 Å². The summed E-state index contributed by atoms with van der Waals surface area (Å²) in [6.45, 7) is 8.48. The highest BCUT2D eigenvalue weighted by Crippen LogP contribution is 2.38. The first-order chi connectivity index (χ1) is 12.3. The van der Waals surface area contributed by atoms with Crippen LogP contribution in [0.3, 0.4) is 0 Å². The number of nitrogens with one attached hydrogen (secondary N) is 2. The van der Waals surface area contributed by atoms with Crippen LogP contribution in [0, 0.1) is 0 Å². The van der Waals surface area contributed by atoms with Gasteiger partial charge < -0.3 is 29.7 Å². The molecule has 0 aliphatic heterocycles. The summed E-state index contributed by atoms with van der Waals surface area (Å²) in [6, 6.07) is 3.83. The molecule has 1 aromatic carbocycles. The van der Waals surface area contributed by atoms with Gasteiger partial charge in [-0.2, -0.15) is 0 Å². The van der Waals surface area contributed by atoms with Gasteiger partial charge in [0.25, 0.3) is 0 Å². The van der Waals surface area contributed by atoms with Crippen molar-refractivity contribution in [1.82, 2.24) is 15.5 Å². The molecular formula is C19H35IN4O3. The molecular weight excluding hydrogens is 459 g/mol. The third kappa shape index (κ3) is 7.61. The van der Waals surface area contributed by atoms with Crippen LogP contribution in [0.2, 0.25) is 0 Å². The van der Waals surface area contributed by atoms with Crippen molar-refractivity contribution >= 4 is 29.9 Å². The number of hydrogen-bond donors (Lipinski definition) is 2. The summed E-state index contributed by atoms with van der Waals surface area (Å²) < 4.78 is 16.2. The van der Waals surface area contributed by atoms with Crippen molar-refractivity contribution in [2.75, 3.05) is 48.5 Å². The lowest BCUT2D eigenvalue weighted by atomic mass is 10.0. The Morgan fingerprint density at radius 3 is 2.00 bits per heavy atom. The van der Waals surface area contributed by atoms with Gasteiger partial charge in [0, 0.05) is 18.6 Å². The fourth-order valence-electron chi connectivity index (χ4n) is 2.20. The molecule has 0 spiro atoms. The van der Waals surface area contributed by atoms with Crippen molar-refractivity contribution in [2.45, 2.75) is 32.9 Å². The second-order valence-corrected chi connectivity index (χ2v) is 6.79. The Labute approximate surface area is 180 Å². The molecule has 27 heavy (non-hydrogen) atoms. The van der Waals surface area contributed by atoms with Gasteiger partial charge in [0.1, 0.15) is 0 Å². The SMILES string of the molecule is CCNC(=NCc1cc(OC)c(OC)c(OC)c1)NCC(C)(C)N(C)C.I. The van der Waals surface area contributed by atoms with Crippen LogP contribution >= 0.6 is 24.0 Å². The highest BCUT2D eigenvalue weighted by Gasteiger charge is 2.20. The zero-order valence-electron chi connectivity index (χ0n) is 17.8. The third-order valence-electron chi connectivity index (χ3n) is 4.39. The fraction of sp³-hybridized carbons (Fsp3) is 0.632. The minimum Gasteiger partial charge on any atom is -0.493 e. The van der Waals surface area contributed by atoms with Crippen molar-refractivity contribution in [2.24, 2.45) is 4.99 Å². The zero-order valence-corrected chi connectivity index (χ0v) is 20.1. The molecule has 0 amide bonds. The van der Waals surface area contributed by atoms with Gasteiger partial charge in [-0.1, -0.05) is 0 Å². The molecule has 0 unspecified atom stereocenters. The summed E-state index contributed by atoms with van der Waals surface area (Å²) in [5.74, 6) is 2.61. The Bertz CT molecular complexity index is 582. The van der Waals surface area contributed by atoms with Crippen molar-refractivity contribution < 1.29 is 14.2 Å². The normalized spacial score (nSPS) is 11.7. The van der Waals surface area contributed by atoms with Gasteiger partial charge in [0.2, 0.25) is 5.75 Å². The van der Waals surface area contributed by atoms with E-state index in [1.165, 1.54) is 0 Å². The first kappa shape index (κ1) is 25.6. The maximum atomic E-state index is 5.40. The number of nitrogens with zero attached hydrogens (tertiary/aromatic N) is 2. The second-order valence-electron chi connectivity index (χ2n) is 6.79. The maximum Gasteiger partial charge on any atom is 0.203 e. The lowest BCUT2D eigenvalue weighted by Gasteiger charge is -2.33. The molecule has 8 heteroatoms. The number of ether oxygens (including phenoxy) is 3. The van der Waals surface area contributed by atoms with Crippen LogP contribution in [0.15, 0.2) is 17.1 Å². The number of benzene rings is 1. The van der Waals surface area contributed by atoms with Crippen LogP contribution in [0.4, 0.5) is 0 Å². The molecule has 0 heterocycles. The van der Waals surface area contributed by atoms with Crippen LogP contribution in [0.25, 0.3) is 0 Å². The zero-order chi connectivity index (χ0) is 19.7. The molecule has 0 radical (unpaired) electrons. The molecule has 0 bridgehead atoms. The Morgan fingerprint density at radius 1 is 1.04 bits per heavy atom. The number of rotatable bonds is 9. The molecule has 0 fully saturated rings. The van der Waals surface area contributed by atoms with Crippen LogP contribution in [0.5, 0.6) is 17.2 Å². The van der Waals surface area contributed by atoms with E-state index in [0.29, 0.717) is 23.8 Å². The summed E-state index contributed by atoms with van der Waals surface area (Å²) in [5, 5.41) is 6.68. The van der Waals surface area contributed by atoms with Gasteiger partial charge in [-0.15, -0.1) is 24.0 Å². The molecule has 0 atom stereocenters. The van der Waals surface area contributed by atoms with E-state index in [1.807, 2.05) is 19.1 Å². The van der Waals surface area contributed by atoms with E-state index in [0.717, 1.165) is 24.6 Å². The number of guanidine groups is 1. The average Bonchev–Trinajstić information content (AvgIpc) is 2.62. The van der Waals surface area contributed by atoms with Crippen molar-refractivity contribution in [3.63, 3.8) is 0 Å². The van der Waals surface area contributed by atoms with Crippen LogP contribution in [0.1, 0.15) is 26.3 Å². The van der Waals surface area contributed by atoms with E-state index in [-0.39, 0.29) is 29.5 Å². The molecule has 0 aliphatic rings. The lowest BCUT2D eigenvalue weighted by Crippen LogP contribution is -2.50. The van der Waals surface area contributed by atoms with Crippen molar-refractivity contribution in [1.29, 1.82) is 0 Å². The summed E-state index contributed by atoms with van der Waals surface area (Å²) in [6.07, 6.45) is 0. The minimum atomic E-state index is 0. The maximum absolute atomic E-state index is 5.40. The van der Waals surface area contributed by atoms with Gasteiger partial charge in [0.05, 0.1) is 27.9 Å². The van der Waals surface area contributed by atoms with E-state index in [9.17, 15) is 0 Å². The van der Waals surface area contributed by atoms with Crippen molar-refractivity contribution in [3.8, 4) is 17.2 Å². The molecule has 1 aromatic rings. The Balaban J connectivity index is 0.00000676. The highest BCUT2D eigenvalue weighted by molar-refractivity contribution is 14.0. The average molecular weight is 494 g/mol. The molecule has 0 saturated heterocycles. The molecule has 0 aromatic heterocycles. The van der Waals surface area contributed by atoms with Crippen molar-refractivity contribution in [3.05, 3.63) is 17.7 Å². The topological polar surface area (TPSA) is 67.4 Å². The fourth-order valence-corrected chi connectivity index (χ4v) is 2.20. The Kier molecular flexibility index (Phi) is 11.5. The van der Waals surface area contributed by atoms with Crippen LogP contribution in [-0.4, -0.2) is 64.9 Å². The molecule has 7 nitrogen and oxygen atoms in total. The first-order valence-corrected chi connectivity index (χ1v) is 8.77. The smallest absolute Gasteiger partial charge is 0.203 e. The van der Waals surface area contributed by atoms with Gasteiger partial charge in [-0.25, -0.2) is 4.99 Å². The van der Waals surface area contributed by atoms with Gasteiger partial charge >= 0.3 is 0 Å². The van der Waals surface area contributed by atoms with E-state index >= 15 is 0 Å². The lowest BCUT2D eigenvalue weighted by molar-refractivity contribution is 0.197. The molecule has 156 valence electrons. The van der Waals surface area contributed by atoms with Gasteiger partial charge in [0.15, 0.2) is 17.5 Å². The molecule has 0 saturated carbocycles. The van der Waals surface area contributed by atoms with E-state index in [2.05, 4.69) is 48.5 Å². The molecule has 0 aliphatic carbocycles. The first-order valence-electron chi connectivity index (χ1n) is 8.77. The second kappa shape index (κ2) is 12.1. The highest BCUT2D eigenvalue weighted by atomic mass is 127. The van der Waals surface area contributed by atoms with E-state index in [1.54, 1.807) is 21.3 Å². The third-order valence-corrected chi connectivity index (χ3v) is 4.39. The minimum absolute atomic E-state index is 0.